The molecule has 0 aromatic heterocycles. The second kappa shape index (κ2) is 3.95. The van der Waals surface area contributed by atoms with E-state index < -0.39 is 0 Å². The fourth-order valence-electron chi connectivity index (χ4n) is 1.56. The monoisotopic (exact) mass is 190 g/mol. The molecule has 1 heteroatoms. The van der Waals surface area contributed by atoms with E-state index in [1.807, 2.05) is 12.1 Å². The maximum Gasteiger partial charge on any atom is 0.150 e. The normalized spacial score (nSPS) is 11.4. The first-order chi connectivity index (χ1) is 6.42. The van der Waals surface area contributed by atoms with Gasteiger partial charge >= 0.3 is 0 Å². The average molecular weight is 190 g/mol. The summed E-state index contributed by atoms with van der Waals surface area (Å²) in [5.74, 6) is 0. The van der Waals surface area contributed by atoms with E-state index in [1.54, 1.807) is 0 Å². The Hall–Kier alpha value is -1.11. The summed E-state index contributed by atoms with van der Waals surface area (Å²) in [5, 5.41) is 0. The predicted octanol–water partition coefficient (Wildman–Crippen LogP) is 3.40. The molecule has 0 fully saturated rings. The highest BCUT2D eigenvalue weighted by Crippen LogP contribution is 2.22. The van der Waals surface area contributed by atoms with Gasteiger partial charge in [0.15, 0.2) is 0 Å². The van der Waals surface area contributed by atoms with Crippen molar-refractivity contribution >= 4 is 6.29 Å². The maximum atomic E-state index is 10.6. The van der Waals surface area contributed by atoms with Crippen LogP contribution in [0.4, 0.5) is 0 Å². The van der Waals surface area contributed by atoms with Gasteiger partial charge in [0, 0.05) is 5.56 Å². The Morgan fingerprint density at radius 1 is 1.29 bits per heavy atom. The van der Waals surface area contributed by atoms with E-state index >= 15 is 0 Å². The average Bonchev–Trinajstić information content (AvgIpc) is 2.06. The van der Waals surface area contributed by atoms with Crippen LogP contribution in [0.15, 0.2) is 18.2 Å². The van der Waals surface area contributed by atoms with Gasteiger partial charge in [0.2, 0.25) is 0 Å². The van der Waals surface area contributed by atoms with Gasteiger partial charge < -0.3 is 0 Å². The van der Waals surface area contributed by atoms with Crippen LogP contribution in [0.3, 0.4) is 0 Å². The third kappa shape index (κ3) is 2.99. The lowest BCUT2D eigenvalue weighted by Gasteiger charge is -2.19. The summed E-state index contributed by atoms with van der Waals surface area (Å²) in [6.45, 7) is 8.73. The minimum Gasteiger partial charge on any atom is -0.298 e. The molecule has 76 valence electrons. The van der Waals surface area contributed by atoms with E-state index in [0.717, 1.165) is 18.3 Å². The Morgan fingerprint density at radius 2 is 1.93 bits per heavy atom. The zero-order chi connectivity index (χ0) is 10.8. The number of aryl methyl sites for hydroxylation is 1. The third-order valence-electron chi connectivity index (χ3n) is 2.22. The summed E-state index contributed by atoms with van der Waals surface area (Å²) in [7, 11) is 0. The SMILES string of the molecule is Cc1cc(C=O)ccc1CC(C)(C)C. The van der Waals surface area contributed by atoms with E-state index in [9.17, 15) is 4.79 Å². The van der Waals surface area contributed by atoms with Gasteiger partial charge in [-0.05, 0) is 36.0 Å². The Kier molecular flexibility index (Phi) is 3.10. The first kappa shape index (κ1) is 11.0. The third-order valence-corrected chi connectivity index (χ3v) is 2.22. The molecule has 0 saturated heterocycles. The van der Waals surface area contributed by atoms with Gasteiger partial charge in [-0.25, -0.2) is 0 Å². The van der Waals surface area contributed by atoms with Crippen molar-refractivity contribution in [2.75, 3.05) is 0 Å². The highest BCUT2D eigenvalue weighted by Gasteiger charge is 2.12. The molecule has 0 amide bonds. The van der Waals surface area contributed by atoms with Crippen molar-refractivity contribution in [3.05, 3.63) is 34.9 Å². The lowest BCUT2D eigenvalue weighted by Crippen LogP contribution is -2.10. The van der Waals surface area contributed by atoms with E-state index in [1.165, 1.54) is 11.1 Å². The van der Waals surface area contributed by atoms with Crippen molar-refractivity contribution in [3.63, 3.8) is 0 Å². The van der Waals surface area contributed by atoms with Gasteiger partial charge in [0.25, 0.3) is 0 Å². The molecule has 0 spiro atoms. The molecule has 0 aliphatic carbocycles. The van der Waals surface area contributed by atoms with Crippen LogP contribution in [-0.2, 0) is 6.42 Å². The molecule has 1 aromatic rings. The molecular formula is C13H18O. The van der Waals surface area contributed by atoms with Crippen molar-refractivity contribution in [3.8, 4) is 0 Å². The molecule has 1 rings (SSSR count). The van der Waals surface area contributed by atoms with E-state index in [4.69, 9.17) is 0 Å². The zero-order valence-electron chi connectivity index (χ0n) is 9.42. The van der Waals surface area contributed by atoms with Crippen molar-refractivity contribution < 1.29 is 4.79 Å². The minimum atomic E-state index is 0.299. The molecule has 0 aliphatic heterocycles. The van der Waals surface area contributed by atoms with Crippen LogP contribution in [0.5, 0.6) is 0 Å². The van der Waals surface area contributed by atoms with Crippen molar-refractivity contribution in [1.82, 2.24) is 0 Å². The molecule has 1 aromatic carbocycles. The van der Waals surface area contributed by atoms with Crippen LogP contribution in [0.1, 0.15) is 42.3 Å². The number of carbonyl (C=O) groups excluding carboxylic acids is 1. The number of aldehydes is 1. The van der Waals surface area contributed by atoms with E-state index in [0.29, 0.717) is 5.41 Å². The highest BCUT2D eigenvalue weighted by atomic mass is 16.1. The molecule has 1 nitrogen and oxygen atoms in total. The van der Waals surface area contributed by atoms with Gasteiger partial charge in [-0.15, -0.1) is 0 Å². The van der Waals surface area contributed by atoms with E-state index in [-0.39, 0.29) is 0 Å². The van der Waals surface area contributed by atoms with Gasteiger partial charge in [-0.2, -0.15) is 0 Å². The largest absolute Gasteiger partial charge is 0.298 e. The number of rotatable bonds is 2. The summed E-state index contributed by atoms with van der Waals surface area (Å²) in [6, 6.07) is 5.90. The molecule has 0 unspecified atom stereocenters. The Balaban J connectivity index is 2.95. The minimum absolute atomic E-state index is 0.299. The highest BCUT2D eigenvalue weighted by molar-refractivity contribution is 5.75. The second-order valence-corrected chi connectivity index (χ2v) is 5.04. The lowest BCUT2D eigenvalue weighted by molar-refractivity contribution is 0.112. The quantitative estimate of drug-likeness (QED) is 0.653. The van der Waals surface area contributed by atoms with Crippen molar-refractivity contribution in [2.45, 2.75) is 34.1 Å². The maximum absolute atomic E-state index is 10.6. The molecular weight excluding hydrogens is 172 g/mol. The summed E-state index contributed by atoms with van der Waals surface area (Å²) >= 11 is 0. The van der Waals surface area contributed by atoms with Crippen LogP contribution >= 0.6 is 0 Å². The first-order valence-electron chi connectivity index (χ1n) is 4.97. The van der Waals surface area contributed by atoms with E-state index in [2.05, 4.69) is 33.8 Å². The Morgan fingerprint density at radius 3 is 2.36 bits per heavy atom. The van der Waals surface area contributed by atoms with Gasteiger partial charge in [-0.1, -0.05) is 32.9 Å². The molecule has 14 heavy (non-hydrogen) atoms. The van der Waals surface area contributed by atoms with Gasteiger partial charge in [0.1, 0.15) is 6.29 Å². The first-order valence-corrected chi connectivity index (χ1v) is 4.97. The smallest absolute Gasteiger partial charge is 0.150 e. The molecule has 0 heterocycles. The number of hydrogen-bond acceptors (Lipinski definition) is 1. The number of benzene rings is 1. The van der Waals surface area contributed by atoms with Crippen LogP contribution in [-0.4, -0.2) is 6.29 Å². The zero-order valence-corrected chi connectivity index (χ0v) is 9.42. The van der Waals surface area contributed by atoms with Gasteiger partial charge in [0.05, 0.1) is 0 Å². The van der Waals surface area contributed by atoms with Crippen molar-refractivity contribution in [1.29, 1.82) is 0 Å². The summed E-state index contributed by atoms with van der Waals surface area (Å²) in [6.07, 6.45) is 1.95. The fraction of sp³-hybridized carbons (Fsp3) is 0.462. The summed E-state index contributed by atoms with van der Waals surface area (Å²) in [5.41, 5.74) is 3.61. The standard InChI is InChI=1S/C13H18O/c1-10-7-11(9-14)5-6-12(10)8-13(2,3)4/h5-7,9H,8H2,1-4H3. The van der Waals surface area contributed by atoms with Crippen LogP contribution in [0.2, 0.25) is 0 Å². The number of carbonyl (C=O) groups is 1. The Labute approximate surface area is 86.1 Å². The number of hydrogen-bond donors (Lipinski definition) is 0. The molecule has 0 saturated carbocycles. The summed E-state index contributed by atoms with van der Waals surface area (Å²) in [4.78, 5) is 10.6. The van der Waals surface area contributed by atoms with Crippen molar-refractivity contribution in [2.24, 2.45) is 5.41 Å². The molecule has 0 N–H and O–H groups in total. The predicted molar refractivity (Wildman–Crippen MR) is 59.7 cm³/mol. The van der Waals surface area contributed by atoms with Crippen LogP contribution in [0, 0.1) is 12.3 Å². The summed E-state index contributed by atoms with van der Waals surface area (Å²) < 4.78 is 0. The van der Waals surface area contributed by atoms with Crippen LogP contribution < -0.4 is 0 Å². The fourth-order valence-corrected chi connectivity index (χ4v) is 1.56. The topological polar surface area (TPSA) is 17.1 Å². The Bertz CT molecular complexity index is 332. The molecule has 0 bridgehead atoms. The molecule has 0 atom stereocenters. The van der Waals surface area contributed by atoms with Crippen LogP contribution in [0.25, 0.3) is 0 Å². The molecule has 0 radical (unpaired) electrons. The van der Waals surface area contributed by atoms with Gasteiger partial charge in [-0.3, -0.25) is 4.79 Å². The lowest BCUT2D eigenvalue weighted by atomic mass is 9.86. The second-order valence-electron chi connectivity index (χ2n) is 5.04. The molecule has 0 aliphatic rings.